The molecule has 9 nitrogen and oxygen atoms in total. The van der Waals surface area contributed by atoms with Crippen molar-refractivity contribution in [1.29, 1.82) is 0 Å². The Bertz CT molecular complexity index is 1030. The van der Waals surface area contributed by atoms with E-state index in [2.05, 4.69) is 0 Å². The molecule has 0 N–H and O–H groups in total. The van der Waals surface area contributed by atoms with Gasteiger partial charge in [-0.25, -0.2) is 0 Å². The quantitative estimate of drug-likeness (QED) is 0.395. The van der Waals surface area contributed by atoms with Crippen LogP contribution in [0.5, 0.6) is 11.5 Å². The second-order valence-electron chi connectivity index (χ2n) is 7.21. The van der Waals surface area contributed by atoms with E-state index in [1.807, 2.05) is 6.07 Å². The van der Waals surface area contributed by atoms with Gasteiger partial charge in [-0.3, -0.25) is 19.7 Å². The molecule has 0 bridgehead atoms. The number of aryl methyl sites for hydroxylation is 1. The van der Waals surface area contributed by atoms with Crippen LogP contribution in [-0.4, -0.2) is 49.6 Å². The Morgan fingerprint density at radius 1 is 1.13 bits per heavy atom. The maximum atomic E-state index is 13.3. The molecule has 1 amide bonds. The lowest BCUT2D eigenvalue weighted by Gasteiger charge is -2.37. The van der Waals surface area contributed by atoms with Crippen molar-refractivity contribution in [2.24, 2.45) is 0 Å². The van der Waals surface area contributed by atoms with Crippen molar-refractivity contribution in [1.82, 2.24) is 4.90 Å². The molecule has 0 spiro atoms. The summed E-state index contributed by atoms with van der Waals surface area (Å²) < 4.78 is 15.6. The highest BCUT2D eigenvalue weighted by molar-refractivity contribution is 5.95. The van der Waals surface area contributed by atoms with Crippen LogP contribution < -0.4 is 9.47 Å². The third kappa shape index (κ3) is 4.30. The van der Waals surface area contributed by atoms with Crippen LogP contribution in [0.25, 0.3) is 0 Å². The first kappa shape index (κ1) is 22.1. The minimum atomic E-state index is -0.570. The molecule has 2 aromatic rings. The first-order chi connectivity index (χ1) is 14.8. The summed E-state index contributed by atoms with van der Waals surface area (Å²) in [5, 5.41) is 11.1. The molecular formula is C22H24N2O7. The lowest BCUT2D eigenvalue weighted by molar-refractivity contribution is -0.385. The highest BCUT2D eigenvalue weighted by Crippen LogP contribution is 2.40. The Morgan fingerprint density at radius 3 is 2.39 bits per heavy atom. The van der Waals surface area contributed by atoms with Crippen LogP contribution in [0.15, 0.2) is 30.3 Å². The predicted octanol–water partition coefficient (Wildman–Crippen LogP) is 3.22. The number of ether oxygens (including phenoxy) is 3. The fourth-order valence-electron chi connectivity index (χ4n) is 3.89. The van der Waals surface area contributed by atoms with E-state index in [1.165, 1.54) is 32.4 Å². The summed E-state index contributed by atoms with van der Waals surface area (Å²) in [6, 6.07) is 7.33. The molecule has 1 atom stereocenters. The van der Waals surface area contributed by atoms with Crippen LogP contribution >= 0.6 is 0 Å². The Balaban J connectivity index is 2.03. The maximum absolute atomic E-state index is 13.3. The van der Waals surface area contributed by atoms with Gasteiger partial charge in [0.05, 0.1) is 38.7 Å². The fraction of sp³-hybridized carbons (Fsp3) is 0.364. The summed E-state index contributed by atoms with van der Waals surface area (Å²) in [5.74, 6) is 0.304. The minimum Gasteiger partial charge on any atom is -0.493 e. The molecule has 1 aliphatic rings. The van der Waals surface area contributed by atoms with Gasteiger partial charge in [-0.05, 0) is 48.7 Å². The molecule has 2 aromatic carbocycles. The molecule has 1 heterocycles. The lowest BCUT2D eigenvalue weighted by atomic mass is 9.89. The number of hydrogen-bond acceptors (Lipinski definition) is 7. The number of fused-ring (bicyclic) bond motifs is 1. The number of methoxy groups -OCH3 is 3. The molecule has 0 fully saturated rings. The van der Waals surface area contributed by atoms with Crippen molar-refractivity contribution < 1.29 is 28.7 Å². The van der Waals surface area contributed by atoms with Gasteiger partial charge in [0.25, 0.3) is 11.6 Å². The minimum absolute atomic E-state index is 0.0311. The molecule has 0 saturated heterocycles. The molecule has 0 unspecified atom stereocenters. The van der Waals surface area contributed by atoms with Gasteiger partial charge in [0, 0.05) is 23.7 Å². The maximum Gasteiger partial charge on any atom is 0.307 e. The highest BCUT2D eigenvalue weighted by atomic mass is 16.6. The highest BCUT2D eigenvalue weighted by Gasteiger charge is 2.34. The van der Waals surface area contributed by atoms with Gasteiger partial charge >= 0.3 is 5.97 Å². The summed E-state index contributed by atoms with van der Waals surface area (Å²) in [7, 11) is 4.36. The van der Waals surface area contributed by atoms with Crippen molar-refractivity contribution in [3.05, 3.63) is 62.7 Å². The van der Waals surface area contributed by atoms with Crippen molar-refractivity contribution in [2.45, 2.75) is 25.8 Å². The monoisotopic (exact) mass is 428 g/mol. The zero-order chi connectivity index (χ0) is 22.7. The topological polar surface area (TPSA) is 108 Å². The second-order valence-corrected chi connectivity index (χ2v) is 7.21. The third-order valence-electron chi connectivity index (χ3n) is 5.49. The largest absolute Gasteiger partial charge is 0.493 e. The van der Waals surface area contributed by atoms with Gasteiger partial charge in [0.2, 0.25) is 0 Å². The van der Waals surface area contributed by atoms with Crippen LogP contribution in [-0.2, 0) is 16.0 Å². The number of nitro benzene ring substituents is 1. The third-order valence-corrected chi connectivity index (χ3v) is 5.49. The lowest BCUT2D eigenvalue weighted by Crippen LogP contribution is -2.41. The molecule has 0 saturated carbocycles. The smallest absolute Gasteiger partial charge is 0.307 e. The molecule has 9 heteroatoms. The number of hydrogen-bond donors (Lipinski definition) is 0. The summed E-state index contributed by atoms with van der Waals surface area (Å²) in [5.41, 5.74) is 2.39. The van der Waals surface area contributed by atoms with E-state index in [0.29, 0.717) is 35.6 Å². The van der Waals surface area contributed by atoms with Crippen molar-refractivity contribution in [2.75, 3.05) is 27.9 Å². The van der Waals surface area contributed by atoms with Gasteiger partial charge in [0.1, 0.15) is 0 Å². The number of carbonyl (C=O) groups excluding carboxylic acids is 2. The van der Waals surface area contributed by atoms with E-state index in [-0.39, 0.29) is 18.0 Å². The number of carbonyl (C=O) groups is 2. The first-order valence-electron chi connectivity index (χ1n) is 9.68. The normalized spacial score (nSPS) is 15.1. The van der Waals surface area contributed by atoms with Crippen LogP contribution in [0.3, 0.4) is 0 Å². The number of nitrogens with zero attached hydrogens (tertiary/aromatic N) is 2. The van der Waals surface area contributed by atoms with Crippen molar-refractivity contribution in [3.8, 4) is 11.5 Å². The SMILES string of the molecule is COC(=O)C[C@@H]1c2cc(OC)c(OC)cc2CCN1C(=O)c1ccc([N+](=O)[O-])c(C)c1. The summed E-state index contributed by atoms with van der Waals surface area (Å²) in [6.45, 7) is 1.96. The van der Waals surface area contributed by atoms with Gasteiger partial charge < -0.3 is 19.1 Å². The molecule has 0 aliphatic carbocycles. The van der Waals surface area contributed by atoms with E-state index >= 15 is 0 Å². The number of amides is 1. The fourth-order valence-corrected chi connectivity index (χ4v) is 3.89. The standard InChI is InChI=1S/C22H24N2O7/c1-13-9-15(5-6-17(13)24(27)28)22(26)23-8-7-14-10-19(29-2)20(30-3)11-16(14)18(23)12-21(25)31-4/h5-6,9-11,18H,7-8,12H2,1-4H3/t18-/m1/s1. The number of benzene rings is 2. The Labute approximate surface area is 179 Å². The van der Waals surface area contributed by atoms with Gasteiger partial charge in [-0.2, -0.15) is 0 Å². The van der Waals surface area contributed by atoms with E-state index in [4.69, 9.17) is 14.2 Å². The van der Waals surface area contributed by atoms with E-state index in [9.17, 15) is 19.7 Å². The van der Waals surface area contributed by atoms with E-state index in [1.54, 1.807) is 25.0 Å². The molecule has 0 radical (unpaired) electrons. The second kappa shape index (κ2) is 9.03. The van der Waals surface area contributed by atoms with Crippen LogP contribution in [0, 0.1) is 17.0 Å². The zero-order valence-corrected chi connectivity index (χ0v) is 17.8. The summed E-state index contributed by atoms with van der Waals surface area (Å²) in [4.78, 5) is 37.7. The summed E-state index contributed by atoms with van der Waals surface area (Å²) in [6.07, 6.45) is 0.530. The molecular weight excluding hydrogens is 404 g/mol. The first-order valence-corrected chi connectivity index (χ1v) is 9.68. The van der Waals surface area contributed by atoms with Gasteiger partial charge in [0.15, 0.2) is 11.5 Å². The van der Waals surface area contributed by atoms with Crippen LogP contribution in [0.4, 0.5) is 5.69 Å². The molecule has 3 rings (SSSR count). The molecule has 31 heavy (non-hydrogen) atoms. The van der Waals surface area contributed by atoms with Crippen LogP contribution in [0.1, 0.15) is 39.5 Å². The number of esters is 1. The average molecular weight is 428 g/mol. The number of rotatable bonds is 6. The van der Waals surface area contributed by atoms with E-state index in [0.717, 1.165) is 11.1 Å². The van der Waals surface area contributed by atoms with Crippen molar-refractivity contribution >= 4 is 17.6 Å². The van der Waals surface area contributed by atoms with E-state index < -0.39 is 16.9 Å². The Hall–Kier alpha value is -3.62. The molecule has 164 valence electrons. The van der Waals surface area contributed by atoms with Crippen molar-refractivity contribution in [3.63, 3.8) is 0 Å². The molecule has 1 aliphatic heterocycles. The average Bonchev–Trinajstić information content (AvgIpc) is 2.77. The Morgan fingerprint density at radius 2 is 1.81 bits per heavy atom. The zero-order valence-electron chi connectivity index (χ0n) is 17.8. The predicted molar refractivity (Wildman–Crippen MR) is 111 cm³/mol. The van der Waals surface area contributed by atoms with Crippen LogP contribution in [0.2, 0.25) is 0 Å². The van der Waals surface area contributed by atoms with Gasteiger partial charge in [-0.1, -0.05) is 0 Å². The Kier molecular flexibility index (Phi) is 6.43. The summed E-state index contributed by atoms with van der Waals surface area (Å²) >= 11 is 0. The number of nitro groups is 1. The van der Waals surface area contributed by atoms with Gasteiger partial charge in [-0.15, -0.1) is 0 Å². The molecule has 0 aromatic heterocycles.